The topological polar surface area (TPSA) is 61.1 Å². The van der Waals surface area contributed by atoms with Gasteiger partial charge in [0.15, 0.2) is 23.0 Å². The number of phenolic OH excluding ortho intramolecular Hbond substituents is 1. The minimum Gasteiger partial charge on any atom is -0.504 e. The van der Waals surface area contributed by atoms with Gasteiger partial charge in [-0.05, 0) is 61.4 Å². The Morgan fingerprint density at radius 3 is 2.24 bits per heavy atom. The largest absolute Gasteiger partial charge is 0.504 e. The summed E-state index contributed by atoms with van der Waals surface area (Å²) in [6.07, 6.45) is 0. The van der Waals surface area contributed by atoms with Gasteiger partial charge in [-0.3, -0.25) is 0 Å². The Bertz CT molecular complexity index is 923. The summed E-state index contributed by atoms with van der Waals surface area (Å²) >= 11 is 0. The van der Waals surface area contributed by atoms with Gasteiger partial charge in [0.05, 0.1) is 7.11 Å². The summed E-state index contributed by atoms with van der Waals surface area (Å²) in [6.45, 7) is 4.29. The Labute approximate surface area is 145 Å². The van der Waals surface area contributed by atoms with E-state index < -0.39 is 0 Å². The SMILES string of the molecule is COc1cc(-c2oc(-c3ccc4c(c3)OCO4)c(C)c2C)ccc1O. The lowest BCUT2D eigenvalue weighted by Crippen LogP contribution is -1.92. The average Bonchev–Trinajstić information content (AvgIpc) is 3.20. The fourth-order valence-electron chi connectivity index (χ4n) is 3.00. The van der Waals surface area contributed by atoms with Crippen LogP contribution in [-0.2, 0) is 0 Å². The fraction of sp³-hybridized carbons (Fsp3) is 0.200. The van der Waals surface area contributed by atoms with Crippen molar-refractivity contribution in [2.45, 2.75) is 13.8 Å². The summed E-state index contributed by atoms with van der Waals surface area (Å²) in [5.74, 6) is 3.52. The zero-order chi connectivity index (χ0) is 17.6. The third-order valence-electron chi connectivity index (χ3n) is 4.52. The molecule has 0 unspecified atom stereocenters. The van der Waals surface area contributed by atoms with Crippen molar-refractivity contribution in [3.05, 3.63) is 47.5 Å². The molecule has 4 rings (SSSR count). The van der Waals surface area contributed by atoms with Crippen LogP contribution in [0.25, 0.3) is 22.6 Å². The average molecular weight is 338 g/mol. The molecule has 0 radical (unpaired) electrons. The van der Waals surface area contributed by atoms with Crippen molar-refractivity contribution in [1.29, 1.82) is 0 Å². The number of fused-ring (bicyclic) bond motifs is 1. The van der Waals surface area contributed by atoms with Crippen molar-refractivity contribution in [2.75, 3.05) is 13.9 Å². The lowest BCUT2D eigenvalue weighted by molar-refractivity contribution is 0.174. The first kappa shape index (κ1) is 15.4. The van der Waals surface area contributed by atoms with Crippen LogP contribution in [0.15, 0.2) is 40.8 Å². The van der Waals surface area contributed by atoms with Crippen LogP contribution in [0.3, 0.4) is 0 Å². The molecule has 0 fully saturated rings. The molecule has 0 spiro atoms. The summed E-state index contributed by atoms with van der Waals surface area (Å²) in [5, 5.41) is 9.80. The zero-order valence-electron chi connectivity index (χ0n) is 14.3. The molecule has 5 nitrogen and oxygen atoms in total. The standard InChI is InChI=1S/C20H18O5/c1-11-12(2)20(14-5-7-16-18(9-14)24-10-23-16)25-19(11)13-4-6-15(21)17(8-13)22-3/h4-9,21H,10H2,1-3H3. The highest BCUT2D eigenvalue weighted by atomic mass is 16.7. The molecule has 1 N–H and O–H groups in total. The van der Waals surface area contributed by atoms with Gasteiger partial charge in [0.2, 0.25) is 6.79 Å². The Morgan fingerprint density at radius 1 is 0.880 bits per heavy atom. The van der Waals surface area contributed by atoms with Crippen LogP contribution < -0.4 is 14.2 Å². The Balaban J connectivity index is 1.81. The normalized spacial score (nSPS) is 12.4. The van der Waals surface area contributed by atoms with E-state index in [4.69, 9.17) is 18.6 Å². The monoisotopic (exact) mass is 338 g/mol. The van der Waals surface area contributed by atoms with Gasteiger partial charge in [-0.25, -0.2) is 0 Å². The maximum Gasteiger partial charge on any atom is 0.231 e. The van der Waals surface area contributed by atoms with E-state index in [1.807, 2.05) is 38.1 Å². The Morgan fingerprint density at radius 2 is 1.52 bits per heavy atom. The third kappa shape index (κ3) is 2.48. The molecule has 128 valence electrons. The molecular weight excluding hydrogens is 320 g/mol. The van der Waals surface area contributed by atoms with Gasteiger partial charge in [0.1, 0.15) is 11.5 Å². The van der Waals surface area contributed by atoms with Gasteiger partial charge < -0.3 is 23.7 Å². The Kier molecular flexibility index (Phi) is 3.57. The number of ether oxygens (including phenoxy) is 3. The predicted octanol–water partition coefficient (Wildman–Crippen LogP) is 4.67. The number of hydrogen-bond acceptors (Lipinski definition) is 5. The molecule has 1 aromatic heterocycles. The third-order valence-corrected chi connectivity index (χ3v) is 4.52. The van der Waals surface area contributed by atoms with E-state index in [2.05, 4.69) is 0 Å². The molecule has 0 saturated heterocycles. The van der Waals surface area contributed by atoms with Gasteiger partial charge in [-0.2, -0.15) is 0 Å². The minimum absolute atomic E-state index is 0.100. The van der Waals surface area contributed by atoms with E-state index in [1.54, 1.807) is 12.1 Å². The van der Waals surface area contributed by atoms with Crippen molar-refractivity contribution in [2.24, 2.45) is 0 Å². The summed E-state index contributed by atoms with van der Waals surface area (Å²) < 4.78 is 22.2. The second kappa shape index (κ2) is 5.77. The van der Waals surface area contributed by atoms with Crippen molar-refractivity contribution >= 4 is 0 Å². The summed E-state index contributed by atoms with van der Waals surface area (Å²) in [5.41, 5.74) is 3.88. The van der Waals surface area contributed by atoms with Gasteiger partial charge in [-0.1, -0.05) is 0 Å². The zero-order valence-corrected chi connectivity index (χ0v) is 14.3. The number of furan rings is 1. The highest BCUT2D eigenvalue weighted by Crippen LogP contribution is 2.42. The van der Waals surface area contributed by atoms with Gasteiger partial charge in [-0.15, -0.1) is 0 Å². The lowest BCUT2D eigenvalue weighted by atomic mass is 10.0. The molecule has 3 aromatic rings. The van der Waals surface area contributed by atoms with Gasteiger partial charge in [0.25, 0.3) is 0 Å². The molecular formula is C20H18O5. The second-order valence-electron chi connectivity index (χ2n) is 5.96. The molecule has 2 aromatic carbocycles. The van der Waals surface area contributed by atoms with E-state index >= 15 is 0 Å². The lowest BCUT2D eigenvalue weighted by Gasteiger charge is -2.05. The van der Waals surface area contributed by atoms with Crippen LogP contribution >= 0.6 is 0 Å². The van der Waals surface area contributed by atoms with Crippen LogP contribution in [0.5, 0.6) is 23.0 Å². The van der Waals surface area contributed by atoms with Crippen LogP contribution in [0.2, 0.25) is 0 Å². The second-order valence-corrected chi connectivity index (χ2v) is 5.96. The molecule has 1 aliphatic rings. The molecule has 2 heterocycles. The number of phenols is 1. The van der Waals surface area contributed by atoms with Gasteiger partial charge >= 0.3 is 0 Å². The van der Waals surface area contributed by atoms with Crippen molar-refractivity contribution in [1.82, 2.24) is 0 Å². The van der Waals surface area contributed by atoms with E-state index in [-0.39, 0.29) is 12.5 Å². The summed E-state index contributed by atoms with van der Waals surface area (Å²) in [7, 11) is 1.52. The quantitative estimate of drug-likeness (QED) is 0.752. The molecule has 0 saturated carbocycles. The number of methoxy groups -OCH3 is 1. The first-order valence-electron chi connectivity index (χ1n) is 7.96. The molecule has 0 amide bonds. The fourth-order valence-corrected chi connectivity index (χ4v) is 3.00. The van der Waals surface area contributed by atoms with Crippen LogP contribution in [0, 0.1) is 13.8 Å². The number of hydrogen-bond donors (Lipinski definition) is 1. The summed E-state index contributed by atoms with van der Waals surface area (Å²) in [4.78, 5) is 0. The first-order valence-corrected chi connectivity index (χ1v) is 7.96. The number of aromatic hydroxyl groups is 1. The molecule has 1 aliphatic heterocycles. The van der Waals surface area contributed by atoms with Crippen molar-refractivity contribution < 1.29 is 23.7 Å². The van der Waals surface area contributed by atoms with Gasteiger partial charge in [0, 0.05) is 11.1 Å². The summed E-state index contributed by atoms with van der Waals surface area (Å²) in [6, 6.07) is 11.0. The molecule has 0 atom stereocenters. The van der Waals surface area contributed by atoms with Crippen LogP contribution in [0.4, 0.5) is 0 Å². The number of rotatable bonds is 3. The minimum atomic E-state index is 0.100. The highest BCUT2D eigenvalue weighted by molar-refractivity contribution is 5.74. The molecule has 5 heteroatoms. The van der Waals surface area contributed by atoms with Crippen LogP contribution in [0.1, 0.15) is 11.1 Å². The smallest absolute Gasteiger partial charge is 0.231 e. The molecule has 25 heavy (non-hydrogen) atoms. The van der Waals surface area contributed by atoms with E-state index in [0.717, 1.165) is 45.3 Å². The predicted molar refractivity (Wildman–Crippen MR) is 93.4 cm³/mol. The van der Waals surface area contributed by atoms with E-state index in [9.17, 15) is 5.11 Å². The van der Waals surface area contributed by atoms with Crippen molar-refractivity contribution in [3.63, 3.8) is 0 Å². The maximum absolute atomic E-state index is 9.80. The molecule has 0 aliphatic carbocycles. The van der Waals surface area contributed by atoms with E-state index in [1.165, 1.54) is 7.11 Å². The highest BCUT2D eigenvalue weighted by Gasteiger charge is 2.20. The Hall–Kier alpha value is -3.08. The van der Waals surface area contributed by atoms with E-state index in [0.29, 0.717) is 5.75 Å². The van der Waals surface area contributed by atoms with Crippen molar-refractivity contribution in [3.8, 4) is 45.6 Å². The molecule has 0 bridgehead atoms. The van der Waals surface area contributed by atoms with Crippen LogP contribution in [-0.4, -0.2) is 19.0 Å². The maximum atomic E-state index is 9.80. The number of benzene rings is 2. The first-order chi connectivity index (χ1) is 12.1.